The third kappa shape index (κ3) is 3.46. The van der Waals surface area contributed by atoms with E-state index >= 15 is 0 Å². The Hall–Kier alpha value is -2.53. The van der Waals surface area contributed by atoms with Crippen molar-refractivity contribution in [3.63, 3.8) is 0 Å². The van der Waals surface area contributed by atoms with E-state index in [1.807, 2.05) is 42.5 Å². The number of rotatable bonds is 4. The van der Waals surface area contributed by atoms with Crippen molar-refractivity contribution in [3.8, 4) is 5.75 Å². The van der Waals surface area contributed by atoms with E-state index in [0.29, 0.717) is 17.5 Å². The average molecular weight is 331 g/mol. The van der Waals surface area contributed by atoms with Crippen LogP contribution in [0.5, 0.6) is 5.75 Å². The zero-order valence-corrected chi connectivity index (χ0v) is 13.4. The van der Waals surface area contributed by atoms with E-state index in [2.05, 4.69) is 10.3 Å². The third-order valence-electron chi connectivity index (χ3n) is 3.60. The Morgan fingerprint density at radius 2 is 1.96 bits per heavy atom. The van der Waals surface area contributed by atoms with Crippen molar-refractivity contribution in [3.05, 3.63) is 59.1 Å². The number of halogens is 1. The number of nitrogens with one attached hydrogen (secondary N) is 2. The smallest absolute Gasteiger partial charge is 0.358 e. The molecule has 0 spiro atoms. The van der Waals surface area contributed by atoms with Gasteiger partial charge in [-0.1, -0.05) is 35.9 Å². The number of hydrogen-bond acceptors (Lipinski definition) is 3. The minimum absolute atomic E-state index is 0.00960. The van der Waals surface area contributed by atoms with Crippen molar-refractivity contribution < 1.29 is 14.5 Å². The quantitative estimate of drug-likeness (QED) is 0.887. The highest BCUT2D eigenvalue weighted by Gasteiger charge is 2.33. The van der Waals surface area contributed by atoms with Gasteiger partial charge in [-0.3, -0.25) is 9.79 Å². The van der Waals surface area contributed by atoms with Gasteiger partial charge >= 0.3 is 11.9 Å². The molecular formula is C17H17ClN3O2+. The molecule has 0 fully saturated rings. The van der Waals surface area contributed by atoms with Gasteiger partial charge in [0, 0.05) is 0 Å². The monoisotopic (exact) mass is 330 g/mol. The fourth-order valence-corrected chi connectivity index (χ4v) is 2.54. The van der Waals surface area contributed by atoms with Crippen LogP contribution in [0.25, 0.3) is 0 Å². The number of guanidine groups is 1. The summed E-state index contributed by atoms with van der Waals surface area (Å²) in [5, 5.41) is 3.79. The lowest BCUT2D eigenvalue weighted by Gasteiger charge is -2.13. The molecule has 5 nitrogen and oxygen atoms in total. The number of para-hydroxylation sites is 1. The van der Waals surface area contributed by atoms with Crippen LogP contribution in [0.2, 0.25) is 5.02 Å². The van der Waals surface area contributed by atoms with Gasteiger partial charge in [-0.15, -0.1) is 0 Å². The fraction of sp³-hybridized carbons (Fsp3) is 0.176. The van der Waals surface area contributed by atoms with Gasteiger partial charge in [-0.2, -0.15) is 4.90 Å². The van der Waals surface area contributed by atoms with Crippen molar-refractivity contribution in [2.45, 2.75) is 6.54 Å². The first-order chi connectivity index (χ1) is 11.2. The summed E-state index contributed by atoms with van der Waals surface area (Å²) in [6.07, 6.45) is 0. The Morgan fingerprint density at radius 1 is 1.22 bits per heavy atom. The van der Waals surface area contributed by atoms with Crippen molar-refractivity contribution in [2.75, 3.05) is 19.0 Å². The normalized spacial score (nSPS) is 13.9. The molecule has 0 saturated carbocycles. The molecule has 2 N–H and O–H groups in total. The first-order valence-corrected chi connectivity index (χ1v) is 7.61. The fourth-order valence-electron chi connectivity index (χ4n) is 2.36. The van der Waals surface area contributed by atoms with Crippen LogP contribution in [0.1, 0.15) is 5.56 Å². The Labute approximate surface area is 139 Å². The number of nitrogens with zero attached hydrogens (tertiary/aromatic N) is 1. The third-order valence-corrected chi connectivity index (χ3v) is 3.93. The largest absolute Gasteiger partial charge is 0.497 e. The Morgan fingerprint density at radius 3 is 2.65 bits per heavy atom. The molecule has 0 saturated heterocycles. The van der Waals surface area contributed by atoms with E-state index in [-0.39, 0.29) is 12.5 Å². The molecule has 1 aliphatic heterocycles. The number of carbonyl (C=O) groups excluding carboxylic acids is 1. The lowest BCUT2D eigenvalue weighted by Crippen LogP contribution is -2.72. The maximum Gasteiger partial charge on any atom is 0.358 e. The summed E-state index contributed by atoms with van der Waals surface area (Å²) in [7, 11) is 1.63. The summed E-state index contributed by atoms with van der Waals surface area (Å²) in [6.45, 7) is 0.742. The highest BCUT2D eigenvalue weighted by molar-refractivity contribution is 6.33. The summed E-state index contributed by atoms with van der Waals surface area (Å²) in [5.74, 6) is 1.44. The molecule has 3 rings (SSSR count). The maximum absolute atomic E-state index is 12.1. The van der Waals surface area contributed by atoms with Crippen LogP contribution in [-0.2, 0) is 11.3 Å². The van der Waals surface area contributed by atoms with E-state index in [1.54, 1.807) is 18.1 Å². The van der Waals surface area contributed by atoms with Gasteiger partial charge in [-0.05, 0) is 29.8 Å². The van der Waals surface area contributed by atoms with Gasteiger partial charge in [0.25, 0.3) is 0 Å². The average Bonchev–Trinajstić information content (AvgIpc) is 2.91. The first-order valence-electron chi connectivity index (χ1n) is 7.23. The Balaban J connectivity index is 1.75. The molecular weight excluding hydrogens is 314 g/mol. The number of hydrogen-bond donors (Lipinski definition) is 2. The predicted octanol–water partition coefficient (Wildman–Crippen LogP) is 1.24. The maximum atomic E-state index is 12.1. The molecule has 6 heteroatoms. The van der Waals surface area contributed by atoms with Crippen molar-refractivity contribution in [2.24, 2.45) is 0 Å². The van der Waals surface area contributed by atoms with Gasteiger partial charge in [0.15, 0.2) is 6.54 Å². The first kappa shape index (κ1) is 15.4. The molecule has 118 valence electrons. The van der Waals surface area contributed by atoms with Crippen LogP contribution in [0.15, 0.2) is 48.5 Å². The Bertz CT molecular complexity index is 744. The zero-order valence-electron chi connectivity index (χ0n) is 12.7. The number of methoxy groups -OCH3 is 1. The van der Waals surface area contributed by atoms with Crippen molar-refractivity contribution in [1.82, 2.24) is 4.90 Å². The predicted molar refractivity (Wildman–Crippen MR) is 89.5 cm³/mol. The van der Waals surface area contributed by atoms with E-state index in [4.69, 9.17) is 16.3 Å². The molecule has 2 aromatic rings. The molecule has 0 aromatic heterocycles. The molecule has 0 unspecified atom stereocenters. The summed E-state index contributed by atoms with van der Waals surface area (Å²) >= 11 is 6.16. The van der Waals surface area contributed by atoms with Gasteiger partial charge in [0.05, 0.1) is 12.1 Å². The van der Waals surface area contributed by atoms with E-state index < -0.39 is 0 Å². The zero-order chi connectivity index (χ0) is 16.2. The number of amides is 1. The van der Waals surface area contributed by atoms with Crippen LogP contribution in [-0.4, -0.2) is 30.4 Å². The minimum Gasteiger partial charge on any atom is -0.497 e. The van der Waals surface area contributed by atoms with Gasteiger partial charge in [0.1, 0.15) is 18.0 Å². The molecule has 1 amide bonds. The summed E-state index contributed by atoms with van der Waals surface area (Å²) in [4.78, 5) is 16.9. The second-order valence-electron chi connectivity index (χ2n) is 5.13. The molecule has 1 heterocycles. The van der Waals surface area contributed by atoms with Crippen LogP contribution in [0.4, 0.5) is 5.69 Å². The van der Waals surface area contributed by atoms with E-state index in [1.165, 1.54) is 0 Å². The summed E-state index contributed by atoms with van der Waals surface area (Å²) in [5.41, 5.74) is 1.77. The minimum atomic E-state index is 0.00960. The molecule has 2 aromatic carbocycles. The van der Waals surface area contributed by atoms with Gasteiger partial charge < -0.3 is 4.74 Å². The van der Waals surface area contributed by atoms with Crippen LogP contribution in [0.3, 0.4) is 0 Å². The highest BCUT2D eigenvalue weighted by atomic mass is 35.5. The number of anilines is 1. The van der Waals surface area contributed by atoms with Crippen LogP contribution < -0.4 is 15.0 Å². The Kier molecular flexibility index (Phi) is 4.48. The van der Waals surface area contributed by atoms with E-state index in [0.717, 1.165) is 17.0 Å². The van der Waals surface area contributed by atoms with E-state index in [9.17, 15) is 4.79 Å². The standard InChI is InChI=1S/C17H16ClN3O2/c1-23-13-8-6-12(7-9-13)11-21-16(22)10-19-17(21)20-15-5-3-2-4-14(15)18/h2-9H,10-11H2,1H3,(H,19,20)/p+1. The highest BCUT2D eigenvalue weighted by Crippen LogP contribution is 2.21. The van der Waals surface area contributed by atoms with Gasteiger partial charge in [-0.25, -0.2) is 5.32 Å². The van der Waals surface area contributed by atoms with Gasteiger partial charge in [0.2, 0.25) is 0 Å². The van der Waals surface area contributed by atoms with Crippen molar-refractivity contribution in [1.29, 1.82) is 0 Å². The summed E-state index contributed by atoms with van der Waals surface area (Å²) in [6, 6.07) is 15.1. The molecule has 0 radical (unpaired) electrons. The number of carbonyl (C=O) groups is 1. The molecule has 0 aliphatic carbocycles. The lowest BCUT2D eigenvalue weighted by atomic mass is 10.2. The molecule has 0 bridgehead atoms. The SMILES string of the molecule is COc1ccc(CN2C(=O)C[NH+]=C2Nc2ccccc2Cl)cc1. The van der Waals surface area contributed by atoms with Crippen LogP contribution in [0, 0.1) is 0 Å². The summed E-state index contributed by atoms with van der Waals surface area (Å²) < 4.78 is 5.15. The van der Waals surface area contributed by atoms with Crippen LogP contribution >= 0.6 is 11.6 Å². The molecule has 1 aliphatic rings. The molecule has 0 atom stereocenters. The molecule has 23 heavy (non-hydrogen) atoms. The topological polar surface area (TPSA) is 55.5 Å². The lowest BCUT2D eigenvalue weighted by molar-refractivity contribution is -0.438. The number of ether oxygens (including phenoxy) is 1. The number of benzene rings is 2. The second-order valence-corrected chi connectivity index (χ2v) is 5.54. The van der Waals surface area contributed by atoms with Crippen molar-refractivity contribution >= 4 is 29.2 Å². The second kappa shape index (κ2) is 6.71.